The van der Waals surface area contributed by atoms with E-state index in [9.17, 15) is 9.59 Å². The zero-order valence-corrected chi connectivity index (χ0v) is 9.55. The van der Waals surface area contributed by atoms with Crippen molar-refractivity contribution < 1.29 is 19.4 Å². The smallest absolute Gasteiger partial charge is 0.326 e. The van der Waals surface area contributed by atoms with Gasteiger partial charge >= 0.3 is 5.97 Å². The Labute approximate surface area is 99.4 Å². The number of amides is 1. The van der Waals surface area contributed by atoms with Gasteiger partial charge in [-0.2, -0.15) is 0 Å². The summed E-state index contributed by atoms with van der Waals surface area (Å²) in [5.74, 6) is -1.04. The molecule has 0 aromatic heterocycles. The van der Waals surface area contributed by atoms with Crippen molar-refractivity contribution in [2.45, 2.75) is 19.1 Å². The number of hydrogen-bond donors (Lipinski definition) is 2. The van der Waals surface area contributed by atoms with Crippen LogP contribution in [0.5, 0.6) is 0 Å². The van der Waals surface area contributed by atoms with E-state index < -0.39 is 12.0 Å². The van der Waals surface area contributed by atoms with Crippen LogP contribution in [0.3, 0.4) is 0 Å². The minimum Gasteiger partial charge on any atom is -0.480 e. The first-order chi connectivity index (χ1) is 8.17. The number of nitrogens with one attached hydrogen (secondary N) is 1. The number of carboxylic acids is 1. The molecule has 0 aliphatic rings. The number of carboxylic acid groups (broad SMARTS) is 1. The molecule has 1 unspecified atom stereocenters. The molecule has 17 heavy (non-hydrogen) atoms. The Morgan fingerprint density at radius 1 is 1.41 bits per heavy atom. The van der Waals surface area contributed by atoms with E-state index in [0.29, 0.717) is 13.0 Å². The standard InChI is InChI=1S/C12H15NO4/c1-17-7-10-4-2-9(3-5-10)6-11(12(15)16)13-8-14/h2-5,8,11H,6-7H2,1H3,(H,13,14)(H,15,16). The maximum absolute atomic E-state index is 10.8. The topological polar surface area (TPSA) is 75.6 Å². The molecule has 92 valence electrons. The summed E-state index contributed by atoms with van der Waals surface area (Å²) in [7, 11) is 1.61. The predicted octanol–water partition coefficient (Wildman–Crippen LogP) is 0.575. The first-order valence-electron chi connectivity index (χ1n) is 5.16. The molecule has 0 aliphatic carbocycles. The number of hydrogen-bond acceptors (Lipinski definition) is 3. The molecule has 1 aromatic carbocycles. The fourth-order valence-corrected chi connectivity index (χ4v) is 1.47. The molecule has 5 heteroatoms. The molecule has 0 bridgehead atoms. The Kier molecular flexibility index (Phi) is 5.16. The maximum Gasteiger partial charge on any atom is 0.326 e. The second-order valence-corrected chi connectivity index (χ2v) is 3.63. The molecule has 1 atom stereocenters. The zero-order valence-electron chi connectivity index (χ0n) is 9.55. The van der Waals surface area contributed by atoms with Gasteiger partial charge in [0.25, 0.3) is 0 Å². The van der Waals surface area contributed by atoms with Crippen molar-refractivity contribution >= 4 is 12.4 Å². The highest BCUT2D eigenvalue weighted by molar-refractivity contribution is 5.76. The molecule has 1 amide bonds. The van der Waals surface area contributed by atoms with E-state index >= 15 is 0 Å². The Morgan fingerprint density at radius 3 is 2.47 bits per heavy atom. The van der Waals surface area contributed by atoms with Crippen molar-refractivity contribution in [1.82, 2.24) is 5.32 Å². The van der Waals surface area contributed by atoms with Crippen LogP contribution < -0.4 is 5.32 Å². The fourth-order valence-electron chi connectivity index (χ4n) is 1.47. The lowest BCUT2D eigenvalue weighted by Crippen LogP contribution is -2.37. The first-order valence-corrected chi connectivity index (χ1v) is 5.16. The summed E-state index contributed by atoms with van der Waals surface area (Å²) in [4.78, 5) is 21.1. The number of rotatable bonds is 7. The van der Waals surface area contributed by atoms with Gasteiger partial charge in [-0.1, -0.05) is 24.3 Å². The summed E-state index contributed by atoms with van der Waals surface area (Å²) < 4.78 is 4.97. The number of aliphatic carboxylic acids is 1. The highest BCUT2D eigenvalue weighted by atomic mass is 16.5. The Balaban J connectivity index is 2.66. The van der Waals surface area contributed by atoms with Crippen molar-refractivity contribution in [3.63, 3.8) is 0 Å². The third kappa shape index (κ3) is 4.24. The van der Waals surface area contributed by atoms with Crippen molar-refractivity contribution in [3.05, 3.63) is 35.4 Å². The van der Waals surface area contributed by atoms with Gasteiger partial charge in [-0.05, 0) is 11.1 Å². The highest BCUT2D eigenvalue weighted by Crippen LogP contribution is 2.08. The largest absolute Gasteiger partial charge is 0.480 e. The zero-order chi connectivity index (χ0) is 12.7. The second-order valence-electron chi connectivity index (χ2n) is 3.63. The van der Waals surface area contributed by atoms with Gasteiger partial charge in [0.15, 0.2) is 0 Å². The highest BCUT2D eigenvalue weighted by Gasteiger charge is 2.16. The van der Waals surface area contributed by atoms with Crippen LogP contribution in [0.2, 0.25) is 0 Å². The molecule has 5 nitrogen and oxygen atoms in total. The van der Waals surface area contributed by atoms with E-state index in [0.717, 1.165) is 11.1 Å². The molecule has 0 aliphatic heterocycles. The maximum atomic E-state index is 10.8. The van der Waals surface area contributed by atoms with Crippen molar-refractivity contribution in [2.75, 3.05) is 7.11 Å². The lowest BCUT2D eigenvalue weighted by atomic mass is 10.0. The average molecular weight is 237 g/mol. The van der Waals surface area contributed by atoms with E-state index in [2.05, 4.69) is 5.32 Å². The van der Waals surface area contributed by atoms with Gasteiger partial charge < -0.3 is 15.2 Å². The minimum absolute atomic E-state index is 0.265. The molecule has 0 saturated heterocycles. The predicted molar refractivity (Wildman–Crippen MR) is 61.5 cm³/mol. The molecule has 1 aromatic rings. The molecule has 0 heterocycles. The Hall–Kier alpha value is -1.88. The van der Waals surface area contributed by atoms with Crippen LogP contribution in [-0.4, -0.2) is 30.6 Å². The van der Waals surface area contributed by atoms with Crippen LogP contribution in [-0.2, 0) is 27.4 Å². The molecule has 0 fully saturated rings. The lowest BCUT2D eigenvalue weighted by molar-refractivity contribution is -0.140. The van der Waals surface area contributed by atoms with Crippen LogP contribution in [0.15, 0.2) is 24.3 Å². The number of benzene rings is 1. The monoisotopic (exact) mass is 237 g/mol. The summed E-state index contributed by atoms with van der Waals surface area (Å²) in [5.41, 5.74) is 1.87. The third-order valence-electron chi connectivity index (χ3n) is 2.34. The van der Waals surface area contributed by atoms with Gasteiger partial charge in [0, 0.05) is 13.5 Å². The summed E-state index contributed by atoms with van der Waals surface area (Å²) in [5, 5.41) is 11.1. The van der Waals surface area contributed by atoms with Crippen LogP contribution in [0.4, 0.5) is 0 Å². The molecule has 0 radical (unpaired) electrons. The molecule has 0 spiro atoms. The fraction of sp³-hybridized carbons (Fsp3) is 0.333. The molecular weight excluding hydrogens is 222 g/mol. The number of carbonyl (C=O) groups excluding carboxylic acids is 1. The summed E-state index contributed by atoms with van der Waals surface area (Å²) in [6.45, 7) is 0.523. The molecule has 0 saturated carbocycles. The van der Waals surface area contributed by atoms with Crippen LogP contribution >= 0.6 is 0 Å². The van der Waals surface area contributed by atoms with Gasteiger partial charge in [0.2, 0.25) is 6.41 Å². The van der Waals surface area contributed by atoms with E-state index in [4.69, 9.17) is 9.84 Å². The number of ether oxygens (including phenoxy) is 1. The Bertz CT molecular complexity index is 375. The lowest BCUT2D eigenvalue weighted by Gasteiger charge is -2.11. The number of methoxy groups -OCH3 is 1. The van der Waals surface area contributed by atoms with E-state index in [1.54, 1.807) is 7.11 Å². The van der Waals surface area contributed by atoms with Gasteiger partial charge in [-0.3, -0.25) is 4.79 Å². The van der Waals surface area contributed by atoms with E-state index in [-0.39, 0.29) is 6.42 Å². The first kappa shape index (κ1) is 13.2. The summed E-state index contributed by atoms with van der Waals surface area (Å²) >= 11 is 0. The van der Waals surface area contributed by atoms with Gasteiger partial charge in [-0.15, -0.1) is 0 Å². The van der Waals surface area contributed by atoms with E-state index in [1.165, 1.54) is 0 Å². The summed E-state index contributed by atoms with van der Waals surface area (Å²) in [6, 6.07) is 6.52. The molecule has 1 rings (SSSR count). The van der Waals surface area contributed by atoms with Gasteiger partial charge in [0.05, 0.1) is 6.61 Å². The Morgan fingerprint density at radius 2 is 2.00 bits per heavy atom. The average Bonchev–Trinajstić information content (AvgIpc) is 2.31. The summed E-state index contributed by atoms with van der Waals surface area (Å²) in [6.07, 6.45) is 0.666. The normalized spacial score (nSPS) is 11.8. The van der Waals surface area contributed by atoms with Crippen LogP contribution in [0.1, 0.15) is 11.1 Å². The van der Waals surface area contributed by atoms with Crippen molar-refractivity contribution in [3.8, 4) is 0 Å². The quantitative estimate of drug-likeness (QED) is 0.680. The SMILES string of the molecule is COCc1ccc(CC(NC=O)C(=O)O)cc1. The second kappa shape index (κ2) is 6.65. The molecular formula is C12H15NO4. The molecule has 2 N–H and O–H groups in total. The van der Waals surface area contributed by atoms with Crippen molar-refractivity contribution in [2.24, 2.45) is 0 Å². The van der Waals surface area contributed by atoms with Crippen LogP contribution in [0, 0.1) is 0 Å². The van der Waals surface area contributed by atoms with E-state index in [1.807, 2.05) is 24.3 Å². The van der Waals surface area contributed by atoms with Crippen LogP contribution in [0.25, 0.3) is 0 Å². The minimum atomic E-state index is -1.04. The van der Waals surface area contributed by atoms with Gasteiger partial charge in [0.1, 0.15) is 6.04 Å². The third-order valence-corrected chi connectivity index (χ3v) is 2.34. The van der Waals surface area contributed by atoms with Crippen molar-refractivity contribution in [1.29, 1.82) is 0 Å². The number of carbonyl (C=O) groups is 2. The van der Waals surface area contributed by atoms with Gasteiger partial charge in [-0.25, -0.2) is 4.79 Å².